The number of esters is 1. The summed E-state index contributed by atoms with van der Waals surface area (Å²) in [4.78, 5) is 39.2. The number of carbonyl (C=O) groups excluding carboxylic acids is 3. The van der Waals surface area contributed by atoms with Crippen molar-refractivity contribution in [2.24, 2.45) is 15.9 Å². The molecule has 0 aromatic carbocycles. The molecule has 0 rings (SSSR count). The zero-order valence-corrected chi connectivity index (χ0v) is 12.3. The number of nitrogens with zero attached hydrogens (tertiary/aromatic N) is 2. The van der Waals surface area contributed by atoms with Crippen LogP contribution in [-0.2, 0) is 19.1 Å². The summed E-state index contributed by atoms with van der Waals surface area (Å²) < 4.78 is 5.10. The van der Waals surface area contributed by atoms with Crippen LogP contribution >= 0.6 is 0 Å². The molecule has 0 aromatic heterocycles. The Labute approximate surface area is 119 Å². The molecule has 0 aliphatic carbocycles. The minimum atomic E-state index is -0.768. The van der Waals surface area contributed by atoms with Gasteiger partial charge < -0.3 is 4.74 Å². The van der Waals surface area contributed by atoms with Crippen molar-refractivity contribution in [3.63, 3.8) is 0 Å². The van der Waals surface area contributed by atoms with Crippen LogP contribution in [0.25, 0.3) is 0 Å². The Bertz CT molecular complexity index is 385. The summed E-state index contributed by atoms with van der Waals surface area (Å²) in [7, 11) is 0. The van der Waals surface area contributed by atoms with Gasteiger partial charge in [0.15, 0.2) is 6.04 Å². The van der Waals surface area contributed by atoms with Crippen LogP contribution in [0.3, 0.4) is 0 Å². The van der Waals surface area contributed by atoms with Crippen molar-refractivity contribution in [3.8, 4) is 0 Å². The highest BCUT2D eigenvalue weighted by atomic mass is 16.5. The van der Waals surface area contributed by atoms with Crippen molar-refractivity contribution < 1.29 is 19.1 Å². The second kappa shape index (κ2) is 11.1. The fraction of sp³-hybridized carbons (Fsp3) is 0.786. The molecule has 0 aliphatic heterocycles. The fourth-order valence-corrected chi connectivity index (χ4v) is 1.65. The van der Waals surface area contributed by atoms with Gasteiger partial charge in [-0.15, -0.1) is 0 Å². The lowest BCUT2D eigenvalue weighted by atomic mass is 10.00. The molecule has 0 heterocycles. The summed E-state index contributed by atoms with van der Waals surface area (Å²) in [6.07, 6.45) is 5.89. The van der Waals surface area contributed by atoms with E-state index in [2.05, 4.69) is 9.98 Å². The molecule has 3 unspecified atom stereocenters. The van der Waals surface area contributed by atoms with Gasteiger partial charge in [0, 0.05) is 0 Å². The molecule has 0 spiro atoms. The Morgan fingerprint density at radius 1 is 1.15 bits per heavy atom. The van der Waals surface area contributed by atoms with Gasteiger partial charge in [-0.1, -0.05) is 20.3 Å². The highest BCUT2D eigenvalue weighted by Gasteiger charge is 2.24. The Morgan fingerprint density at radius 3 is 2.35 bits per heavy atom. The van der Waals surface area contributed by atoms with Gasteiger partial charge in [0.25, 0.3) is 0 Å². The summed E-state index contributed by atoms with van der Waals surface area (Å²) >= 11 is 0. The number of aliphatic imine (C=N–C) groups is 2. The van der Waals surface area contributed by atoms with Gasteiger partial charge in [-0.2, -0.15) is 4.99 Å². The molecule has 3 atom stereocenters. The molecule has 0 aliphatic rings. The molecule has 0 saturated heterocycles. The number of hydrogen-bond donors (Lipinski definition) is 0. The lowest BCUT2D eigenvalue weighted by Crippen LogP contribution is -2.28. The number of carbonyl (C=O) groups is 1. The van der Waals surface area contributed by atoms with E-state index in [0.29, 0.717) is 6.42 Å². The average molecular weight is 282 g/mol. The van der Waals surface area contributed by atoms with Gasteiger partial charge in [-0.05, 0) is 32.1 Å². The predicted octanol–water partition coefficient (Wildman–Crippen LogP) is 2.17. The maximum Gasteiger partial charge on any atom is 0.332 e. The average Bonchev–Trinajstić information content (AvgIpc) is 2.43. The smallest absolute Gasteiger partial charge is 0.332 e. The minimum Gasteiger partial charge on any atom is -0.464 e. The zero-order chi connectivity index (χ0) is 15.4. The van der Waals surface area contributed by atoms with Crippen LogP contribution in [-0.4, -0.2) is 36.8 Å². The van der Waals surface area contributed by atoms with Gasteiger partial charge in [0.1, 0.15) is 0 Å². The number of isocyanates is 2. The molecule has 0 N–H and O–H groups in total. The van der Waals surface area contributed by atoms with E-state index >= 15 is 0 Å². The van der Waals surface area contributed by atoms with Crippen molar-refractivity contribution in [2.75, 3.05) is 6.61 Å². The molecule has 0 fully saturated rings. The van der Waals surface area contributed by atoms with Gasteiger partial charge in [-0.25, -0.2) is 19.4 Å². The third-order valence-corrected chi connectivity index (χ3v) is 3.15. The van der Waals surface area contributed by atoms with E-state index in [9.17, 15) is 14.4 Å². The van der Waals surface area contributed by atoms with Crippen LogP contribution < -0.4 is 0 Å². The lowest BCUT2D eigenvalue weighted by Gasteiger charge is -2.16. The molecule has 0 radical (unpaired) electrons. The quantitative estimate of drug-likeness (QED) is 0.266. The summed E-state index contributed by atoms with van der Waals surface area (Å²) in [5.74, 6) is -0.535. The molecule has 0 aromatic rings. The van der Waals surface area contributed by atoms with Crippen LogP contribution in [0.15, 0.2) is 9.98 Å². The second-order valence-electron chi connectivity index (χ2n) is 4.78. The van der Waals surface area contributed by atoms with E-state index in [0.717, 1.165) is 19.3 Å². The van der Waals surface area contributed by atoms with Crippen molar-refractivity contribution in [2.45, 2.75) is 58.5 Å². The van der Waals surface area contributed by atoms with Crippen LogP contribution in [0.2, 0.25) is 0 Å². The van der Waals surface area contributed by atoms with Crippen LogP contribution in [0.1, 0.15) is 46.5 Å². The summed E-state index contributed by atoms with van der Waals surface area (Å²) in [5, 5.41) is 0. The van der Waals surface area contributed by atoms with Gasteiger partial charge in [-0.3, -0.25) is 0 Å². The SMILES string of the molecule is CCC(C)C(N=C=O)C(=O)OCCCCC(C)N=C=O. The van der Waals surface area contributed by atoms with Gasteiger partial charge in [0.2, 0.25) is 12.2 Å². The van der Waals surface area contributed by atoms with E-state index in [1.54, 1.807) is 0 Å². The first-order valence-electron chi connectivity index (χ1n) is 6.87. The summed E-state index contributed by atoms with van der Waals surface area (Å²) in [6, 6.07) is -0.827. The van der Waals surface area contributed by atoms with Crippen molar-refractivity contribution >= 4 is 18.1 Å². The molecule has 20 heavy (non-hydrogen) atoms. The van der Waals surface area contributed by atoms with Gasteiger partial charge >= 0.3 is 5.97 Å². The molecule has 112 valence electrons. The highest BCUT2D eigenvalue weighted by molar-refractivity contribution is 5.77. The number of ether oxygens (including phenoxy) is 1. The fourth-order valence-electron chi connectivity index (χ4n) is 1.65. The first-order chi connectivity index (χ1) is 9.56. The molecule has 6 nitrogen and oxygen atoms in total. The molecule has 0 amide bonds. The number of unbranched alkanes of at least 4 members (excludes halogenated alkanes) is 1. The van der Waals surface area contributed by atoms with Crippen molar-refractivity contribution in [3.05, 3.63) is 0 Å². The standard InChI is InChI=1S/C14H22N2O4/c1-4-11(2)13(16-10-18)14(19)20-8-6-5-7-12(3)15-9-17/h11-13H,4-8H2,1-3H3. The van der Waals surface area contributed by atoms with Crippen LogP contribution in [0.5, 0.6) is 0 Å². The second-order valence-corrected chi connectivity index (χ2v) is 4.78. The Hall–Kier alpha value is -1.77. The van der Waals surface area contributed by atoms with Crippen molar-refractivity contribution in [1.29, 1.82) is 0 Å². The Balaban J connectivity index is 4.02. The van der Waals surface area contributed by atoms with Crippen LogP contribution in [0.4, 0.5) is 0 Å². The topological polar surface area (TPSA) is 85.2 Å². The van der Waals surface area contributed by atoms with Crippen molar-refractivity contribution in [1.82, 2.24) is 0 Å². The van der Waals surface area contributed by atoms with E-state index in [1.807, 2.05) is 20.8 Å². The van der Waals surface area contributed by atoms with Gasteiger partial charge in [0.05, 0.1) is 12.6 Å². The number of rotatable bonds is 10. The zero-order valence-electron chi connectivity index (χ0n) is 12.3. The molecular formula is C14H22N2O4. The first kappa shape index (κ1) is 18.2. The molecule has 0 saturated carbocycles. The Kier molecular flexibility index (Phi) is 10.1. The minimum absolute atomic E-state index is 0.0501. The highest BCUT2D eigenvalue weighted by Crippen LogP contribution is 2.13. The van der Waals surface area contributed by atoms with E-state index in [4.69, 9.17) is 4.74 Å². The third kappa shape index (κ3) is 7.62. The number of hydrogen-bond acceptors (Lipinski definition) is 6. The maximum absolute atomic E-state index is 11.8. The third-order valence-electron chi connectivity index (χ3n) is 3.15. The van der Waals surface area contributed by atoms with Crippen LogP contribution in [0, 0.1) is 5.92 Å². The largest absolute Gasteiger partial charge is 0.464 e. The normalized spacial score (nSPS) is 14.3. The maximum atomic E-state index is 11.8. The van der Waals surface area contributed by atoms with E-state index < -0.39 is 12.0 Å². The first-order valence-corrected chi connectivity index (χ1v) is 6.87. The molecule has 0 bridgehead atoms. The monoisotopic (exact) mass is 282 g/mol. The summed E-state index contributed by atoms with van der Waals surface area (Å²) in [6.45, 7) is 5.86. The molecule has 6 heteroatoms. The summed E-state index contributed by atoms with van der Waals surface area (Å²) in [5.41, 5.74) is 0. The predicted molar refractivity (Wildman–Crippen MR) is 73.8 cm³/mol. The van der Waals surface area contributed by atoms with E-state index in [1.165, 1.54) is 12.2 Å². The Morgan fingerprint density at radius 2 is 1.80 bits per heavy atom. The lowest BCUT2D eigenvalue weighted by molar-refractivity contribution is -0.146. The molecular weight excluding hydrogens is 260 g/mol. The van der Waals surface area contributed by atoms with E-state index in [-0.39, 0.29) is 18.6 Å².